The second-order valence-corrected chi connectivity index (χ2v) is 8.40. The predicted octanol–water partition coefficient (Wildman–Crippen LogP) is 5.75. The number of benzene rings is 3. The Hall–Kier alpha value is -3.81. The number of anilines is 1. The summed E-state index contributed by atoms with van der Waals surface area (Å²) in [6.07, 6.45) is -4.46. The highest BCUT2D eigenvalue weighted by Crippen LogP contribution is 2.34. The Morgan fingerprint density at radius 3 is 2.27 bits per heavy atom. The number of nitrogens with one attached hydrogen (secondary N) is 2. The van der Waals surface area contributed by atoms with Crippen LogP contribution in [0.4, 0.5) is 23.7 Å². The Bertz CT molecular complexity index is 1220. The molecule has 33 heavy (non-hydrogen) atoms. The van der Waals surface area contributed by atoms with Gasteiger partial charge in [0.05, 0.1) is 5.56 Å². The summed E-state index contributed by atoms with van der Waals surface area (Å²) in [5.74, 6) is -0.394. The molecule has 1 aliphatic carbocycles. The highest BCUT2D eigenvalue weighted by molar-refractivity contribution is 6.08. The van der Waals surface area contributed by atoms with Crippen LogP contribution in [0.15, 0.2) is 66.7 Å². The number of halogens is 3. The fourth-order valence-corrected chi connectivity index (χ4v) is 4.26. The van der Waals surface area contributed by atoms with Crippen molar-refractivity contribution in [2.45, 2.75) is 31.5 Å². The average molecular weight is 454 g/mol. The van der Waals surface area contributed by atoms with Gasteiger partial charge in [0.1, 0.15) is 0 Å². The molecule has 0 spiro atoms. The number of carbonyl (C=O) groups excluding carboxylic acids is 1. The first-order valence-electron chi connectivity index (χ1n) is 10.2. The number of amides is 2. The lowest BCUT2D eigenvalue weighted by Gasteiger charge is -2.23. The predicted molar refractivity (Wildman–Crippen MR) is 118 cm³/mol. The maximum atomic E-state index is 13.0. The van der Waals surface area contributed by atoms with Crippen LogP contribution in [-0.2, 0) is 19.0 Å². The fraction of sp³-hybridized carbons (Fsp3) is 0.200. The zero-order valence-electron chi connectivity index (χ0n) is 17.7. The molecule has 0 fully saturated rings. The maximum Gasteiger partial charge on any atom is 0.416 e. The van der Waals surface area contributed by atoms with Crippen LogP contribution in [0.2, 0.25) is 0 Å². The molecule has 1 atom stereocenters. The van der Waals surface area contributed by atoms with Crippen molar-refractivity contribution < 1.29 is 27.9 Å². The molecule has 3 N–H and O–H groups in total. The molecule has 0 radical (unpaired) electrons. The smallest absolute Gasteiger partial charge is 0.416 e. The summed E-state index contributed by atoms with van der Waals surface area (Å²) < 4.78 is 38.6. The van der Waals surface area contributed by atoms with Crippen LogP contribution < -0.4 is 10.6 Å². The van der Waals surface area contributed by atoms with Crippen LogP contribution in [0.3, 0.4) is 0 Å². The summed E-state index contributed by atoms with van der Waals surface area (Å²) in [5.41, 5.74) is 2.49. The minimum atomic E-state index is -4.43. The molecule has 0 aliphatic heterocycles. The molecule has 0 aromatic heterocycles. The van der Waals surface area contributed by atoms with Crippen molar-refractivity contribution in [1.29, 1.82) is 0 Å². The SMILES string of the molecule is CC1(NC(=O)O)Cc2ccc(NC(=O)c3ccccc3-c3ccc(C(F)(F)F)cc3)cc2C1. The maximum absolute atomic E-state index is 13.0. The van der Waals surface area contributed by atoms with Crippen molar-refractivity contribution >= 4 is 17.7 Å². The van der Waals surface area contributed by atoms with Gasteiger partial charge in [-0.1, -0.05) is 36.4 Å². The summed E-state index contributed by atoms with van der Waals surface area (Å²) in [5, 5.41) is 14.5. The van der Waals surface area contributed by atoms with Crippen LogP contribution in [0.25, 0.3) is 11.1 Å². The number of carboxylic acid groups (broad SMARTS) is 1. The van der Waals surface area contributed by atoms with E-state index in [0.717, 1.165) is 23.3 Å². The number of alkyl halides is 3. The van der Waals surface area contributed by atoms with E-state index in [1.54, 1.807) is 30.3 Å². The van der Waals surface area contributed by atoms with Gasteiger partial charge in [0, 0.05) is 16.8 Å². The van der Waals surface area contributed by atoms with Crippen molar-refractivity contribution in [2.24, 2.45) is 0 Å². The summed E-state index contributed by atoms with van der Waals surface area (Å²) in [6, 6.07) is 16.8. The molecule has 0 saturated carbocycles. The van der Waals surface area contributed by atoms with Gasteiger partial charge in [0.15, 0.2) is 0 Å². The first-order chi connectivity index (χ1) is 15.5. The number of rotatable bonds is 4. The average Bonchev–Trinajstić information content (AvgIpc) is 3.07. The van der Waals surface area contributed by atoms with Gasteiger partial charge in [-0.05, 0) is 72.4 Å². The molecule has 2 amide bonds. The molecular weight excluding hydrogens is 433 g/mol. The summed E-state index contributed by atoms with van der Waals surface area (Å²) in [6.45, 7) is 1.83. The van der Waals surface area contributed by atoms with Gasteiger partial charge in [0.2, 0.25) is 0 Å². The minimum Gasteiger partial charge on any atom is -0.465 e. The standard InChI is InChI=1S/C25H21F3N2O3/c1-24(30-23(32)33)13-16-8-11-19(12-17(16)14-24)29-22(31)21-5-3-2-4-20(21)15-6-9-18(10-7-15)25(26,27)28/h2-12,30H,13-14H2,1H3,(H,29,31)(H,32,33). The first-order valence-corrected chi connectivity index (χ1v) is 10.2. The third-order valence-corrected chi connectivity index (χ3v) is 5.73. The molecule has 8 heteroatoms. The monoisotopic (exact) mass is 454 g/mol. The van der Waals surface area contributed by atoms with Crippen molar-refractivity contribution in [3.63, 3.8) is 0 Å². The number of carbonyl (C=O) groups is 2. The Morgan fingerprint density at radius 2 is 1.61 bits per heavy atom. The third kappa shape index (κ3) is 4.84. The lowest BCUT2D eigenvalue weighted by atomic mass is 9.98. The molecule has 0 bridgehead atoms. The highest BCUT2D eigenvalue weighted by atomic mass is 19.4. The lowest BCUT2D eigenvalue weighted by molar-refractivity contribution is -0.137. The molecule has 170 valence electrons. The first kappa shape index (κ1) is 22.4. The van der Waals surface area contributed by atoms with E-state index < -0.39 is 29.3 Å². The second kappa shape index (κ2) is 8.27. The van der Waals surface area contributed by atoms with Crippen LogP contribution in [-0.4, -0.2) is 22.6 Å². The molecule has 3 aromatic carbocycles. The topological polar surface area (TPSA) is 78.4 Å². The second-order valence-electron chi connectivity index (χ2n) is 8.40. The Kier molecular flexibility index (Phi) is 5.61. The summed E-state index contributed by atoms with van der Waals surface area (Å²) in [7, 11) is 0. The zero-order valence-corrected chi connectivity index (χ0v) is 17.7. The number of fused-ring (bicyclic) bond motifs is 1. The molecule has 1 unspecified atom stereocenters. The van der Waals surface area contributed by atoms with E-state index in [4.69, 9.17) is 5.11 Å². The van der Waals surface area contributed by atoms with Gasteiger partial charge in [-0.3, -0.25) is 4.79 Å². The van der Waals surface area contributed by atoms with Crippen LogP contribution in [0.5, 0.6) is 0 Å². The number of hydrogen-bond acceptors (Lipinski definition) is 2. The van der Waals surface area contributed by atoms with Crippen LogP contribution >= 0.6 is 0 Å². The van der Waals surface area contributed by atoms with E-state index in [-0.39, 0.29) is 0 Å². The van der Waals surface area contributed by atoms with E-state index in [9.17, 15) is 22.8 Å². The van der Waals surface area contributed by atoms with E-state index in [1.165, 1.54) is 12.1 Å². The Morgan fingerprint density at radius 1 is 0.939 bits per heavy atom. The van der Waals surface area contributed by atoms with Crippen molar-refractivity contribution in [3.05, 3.63) is 89.0 Å². The van der Waals surface area contributed by atoms with Gasteiger partial charge >= 0.3 is 12.3 Å². The minimum absolute atomic E-state index is 0.329. The molecule has 0 heterocycles. The largest absolute Gasteiger partial charge is 0.465 e. The highest BCUT2D eigenvalue weighted by Gasteiger charge is 2.34. The van der Waals surface area contributed by atoms with E-state index >= 15 is 0 Å². The quantitative estimate of drug-likeness (QED) is 0.470. The Balaban J connectivity index is 1.56. The van der Waals surface area contributed by atoms with E-state index in [2.05, 4.69) is 10.6 Å². The molecular formula is C25H21F3N2O3. The van der Waals surface area contributed by atoms with Crippen LogP contribution in [0, 0.1) is 0 Å². The summed E-state index contributed by atoms with van der Waals surface area (Å²) in [4.78, 5) is 24.1. The van der Waals surface area contributed by atoms with Crippen molar-refractivity contribution in [2.75, 3.05) is 5.32 Å². The lowest BCUT2D eigenvalue weighted by Crippen LogP contribution is -2.46. The van der Waals surface area contributed by atoms with E-state index in [0.29, 0.717) is 35.2 Å². The molecule has 5 nitrogen and oxygen atoms in total. The van der Waals surface area contributed by atoms with Crippen LogP contribution in [0.1, 0.15) is 34.0 Å². The Labute approximate surface area is 188 Å². The van der Waals surface area contributed by atoms with Gasteiger partial charge in [-0.15, -0.1) is 0 Å². The van der Waals surface area contributed by atoms with Crippen molar-refractivity contribution in [3.8, 4) is 11.1 Å². The molecule has 1 aliphatic rings. The van der Waals surface area contributed by atoms with Crippen molar-refractivity contribution in [1.82, 2.24) is 5.32 Å². The van der Waals surface area contributed by atoms with Gasteiger partial charge < -0.3 is 15.7 Å². The fourth-order valence-electron chi connectivity index (χ4n) is 4.26. The number of hydrogen-bond donors (Lipinski definition) is 3. The summed E-state index contributed by atoms with van der Waals surface area (Å²) >= 11 is 0. The molecule has 3 aromatic rings. The van der Waals surface area contributed by atoms with Gasteiger partial charge in [-0.2, -0.15) is 13.2 Å². The normalized spacial score (nSPS) is 17.3. The third-order valence-electron chi connectivity index (χ3n) is 5.73. The van der Waals surface area contributed by atoms with E-state index in [1.807, 2.05) is 19.1 Å². The van der Waals surface area contributed by atoms with Gasteiger partial charge in [-0.25, -0.2) is 4.79 Å². The van der Waals surface area contributed by atoms with Gasteiger partial charge in [0.25, 0.3) is 5.91 Å². The molecule has 0 saturated heterocycles. The molecule has 4 rings (SSSR count). The zero-order chi connectivity index (χ0) is 23.8.